The van der Waals surface area contributed by atoms with Gasteiger partial charge in [0.15, 0.2) is 0 Å². The molecule has 1 aromatic carbocycles. The third-order valence-corrected chi connectivity index (χ3v) is 1.85. The van der Waals surface area contributed by atoms with Crippen LogP contribution in [0.25, 0.3) is 0 Å². The third kappa shape index (κ3) is 6.12. The van der Waals surface area contributed by atoms with Crippen molar-refractivity contribution in [2.45, 2.75) is 32.7 Å². The zero-order valence-corrected chi connectivity index (χ0v) is 9.83. The maximum Gasteiger partial charge on any atom is 0.573 e. The average Bonchev–Trinajstić information content (AvgIpc) is 2.27. The van der Waals surface area contributed by atoms with Crippen LogP contribution in [0, 0.1) is 0 Å². The molecule has 0 spiro atoms. The second-order valence-corrected chi connectivity index (χ2v) is 3.47. The number of hydrogen-bond donors (Lipinski definition) is 0. The van der Waals surface area contributed by atoms with Gasteiger partial charge in [-0.15, -0.1) is 13.2 Å². The van der Waals surface area contributed by atoms with E-state index in [9.17, 15) is 13.2 Å². The molecular formula is C12H13F3NO2. The second-order valence-electron chi connectivity index (χ2n) is 3.47. The van der Waals surface area contributed by atoms with Gasteiger partial charge in [0.2, 0.25) is 0 Å². The number of unbranched alkanes of at least 4 members (excludes halogenated alkanes) is 1. The molecular weight excluding hydrogens is 247 g/mol. The van der Waals surface area contributed by atoms with Crippen molar-refractivity contribution >= 4 is 6.21 Å². The van der Waals surface area contributed by atoms with Crippen molar-refractivity contribution in [3.8, 4) is 5.75 Å². The first kappa shape index (κ1) is 14.3. The topological polar surface area (TPSA) is 30.8 Å². The summed E-state index contributed by atoms with van der Waals surface area (Å²) in [4.78, 5) is 4.88. The van der Waals surface area contributed by atoms with Crippen LogP contribution in [0.3, 0.4) is 0 Å². The van der Waals surface area contributed by atoms with Crippen LogP contribution in [0.2, 0.25) is 0 Å². The number of rotatable bonds is 6. The molecule has 0 saturated carbocycles. The van der Waals surface area contributed by atoms with Crippen LogP contribution in [0.5, 0.6) is 5.75 Å². The zero-order valence-electron chi connectivity index (χ0n) is 9.83. The Morgan fingerprint density at radius 1 is 1.33 bits per heavy atom. The van der Waals surface area contributed by atoms with Gasteiger partial charge in [0.1, 0.15) is 18.6 Å². The molecule has 6 heteroatoms. The predicted molar refractivity (Wildman–Crippen MR) is 60.3 cm³/mol. The quantitative estimate of drug-likeness (QED) is 0.576. The molecule has 0 amide bonds. The fourth-order valence-corrected chi connectivity index (χ4v) is 1.14. The van der Waals surface area contributed by atoms with Crippen molar-refractivity contribution in [2.24, 2.45) is 5.16 Å². The number of ether oxygens (including phenoxy) is 1. The van der Waals surface area contributed by atoms with E-state index in [2.05, 4.69) is 16.1 Å². The van der Waals surface area contributed by atoms with E-state index in [4.69, 9.17) is 4.84 Å². The van der Waals surface area contributed by atoms with Crippen molar-refractivity contribution < 1.29 is 22.7 Å². The van der Waals surface area contributed by atoms with Crippen LogP contribution >= 0.6 is 0 Å². The molecule has 0 aliphatic heterocycles. The lowest BCUT2D eigenvalue weighted by Crippen LogP contribution is -2.17. The third-order valence-electron chi connectivity index (χ3n) is 1.85. The Morgan fingerprint density at radius 2 is 2.11 bits per heavy atom. The molecule has 0 aliphatic carbocycles. The van der Waals surface area contributed by atoms with Gasteiger partial charge in [-0.25, -0.2) is 0 Å². The van der Waals surface area contributed by atoms with Gasteiger partial charge >= 0.3 is 6.36 Å². The normalized spacial score (nSPS) is 11.8. The summed E-state index contributed by atoms with van der Waals surface area (Å²) in [7, 11) is 0. The van der Waals surface area contributed by atoms with Crippen molar-refractivity contribution in [3.05, 3.63) is 29.8 Å². The van der Waals surface area contributed by atoms with Crippen LogP contribution in [-0.4, -0.2) is 12.6 Å². The fourth-order valence-electron chi connectivity index (χ4n) is 1.14. The number of halogens is 3. The van der Waals surface area contributed by atoms with E-state index >= 15 is 0 Å². The molecule has 18 heavy (non-hydrogen) atoms. The molecule has 3 nitrogen and oxygen atoms in total. The van der Waals surface area contributed by atoms with Gasteiger partial charge in [-0.3, -0.25) is 0 Å². The predicted octanol–water partition coefficient (Wildman–Crippen LogP) is 3.76. The first-order chi connectivity index (χ1) is 8.51. The van der Waals surface area contributed by atoms with E-state index in [0.29, 0.717) is 12.0 Å². The van der Waals surface area contributed by atoms with Gasteiger partial charge in [0.05, 0.1) is 0 Å². The Hall–Kier alpha value is -1.72. The zero-order chi connectivity index (χ0) is 13.4. The van der Waals surface area contributed by atoms with Gasteiger partial charge in [-0.2, -0.15) is 0 Å². The molecule has 0 atom stereocenters. The Balaban J connectivity index is 2.49. The minimum Gasteiger partial charge on any atom is -0.406 e. The summed E-state index contributed by atoms with van der Waals surface area (Å²) in [5.41, 5.74) is 0.541. The lowest BCUT2D eigenvalue weighted by atomic mass is 10.2. The van der Waals surface area contributed by atoms with Gasteiger partial charge in [-0.1, -0.05) is 30.6 Å². The SMILES string of the molecule is CCC/[C]=N/OCc1cccc(OC(F)(F)F)c1. The van der Waals surface area contributed by atoms with Crippen LogP contribution in [0.15, 0.2) is 29.4 Å². The first-order valence-corrected chi connectivity index (χ1v) is 5.41. The fraction of sp³-hybridized carbons (Fsp3) is 0.417. The van der Waals surface area contributed by atoms with E-state index in [-0.39, 0.29) is 12.4 Å². The van der Waals surface area contributed by atoms with Crippen molar-refractivity contribution in [2.75, 3.05) is 0 Å². The van der Waals surface area contributed by atoms with E-state index in [0.717, 1.165) is 6.42 Å². The largest absolute Gasteiger partial charge is 0.573 e. The van der Waals surface area contributed by atoms with E-state index in [1.807, 2.05) is 6.92 Å². The van der Waals surface area contributed by atoms with Crippen LogP contribution in [0.1, 0.15) is 25.3 Å². The smallest absolute Gasteiger partial charge is 0.406 e. The molecule has 0 aliphatic rings. The Bertz CT molecular complexity index is 391. The summed E-state index contributed by atoms with van der Waals surface area (Å²) >= 11 is 0. The highest BCUT2D eigenvalue weighted by Crippen LogP contribution is 2.23. The van der Waals surface area contributed by atoms with Crippen molar-refractivity contribution in [1.82, 2.24) is 0 Å². The standard InChI is InChI=1S/C12H13F3NO2/c1-2-3-7-16-17-9-10-5-4-6-11(8-10)18-12(13,14)15/h4-6,8H,2-3,9H2,1H3. The molecule has 1 rings (SSSR count). The molecule has 0 N–H and O–H groups in total. The van der Waals surface area contributed by atoms with Gasteiger partial charge in [-0.05, 0) is 24.1 Å². The molecule has 0 saturated heterocycles. The maximum atomic E-state index is 12.0. The molecule has 1 aromatic rings. The van der Waals surface area contributed by atoms with Gasteiger partial charge in [0, 0.05) is 0 Å². The van der Waals surface area contributed by atoms with Crippen LogP contribution < -0.4 is 4.74 Å². The summed E-state index contributed by atoms with van der Waals surface area (Å²) < 4.78 is 39.7. The Kier molecular flexibility index (Phi) is 5.48. The summed E-state index contributed by atoms with van der Waals surface area (Å²) in [6.07, 6.45) is -0.456. The molecule has 1 radical (unpaired) electrons. The monoisotopic (exact) mass is 260 g/mol. The molecule has 0 unspecified atom stereocenters. The van der Waals surface area contributed by atoms with Crippen molar-refractivity contribution in [1.29, 1.82) is 0 Å². The second kappa shape index (κ2) is 6.88. The molecule has 99 valence electrons. The maximum absolute atomic E-state index is 12.0. The number of benzene rings is 1. The number of nitrogens with zero attached hydrogens (tertiary/aromatic N) is 1. The van der Waals surface area contributed by atoms with E-state index < -0.39 is 6.36 Å². The highest BCUT2D eigenvalue weighted by Gasteiger charge is 2.31. The molecule has 0 heterocycles. The number of alkyl halides is 3. The summed E-state index contributed by atoms with van der Waals surface area (Å²) in [6, 6.07) is 5.56. The molecule has 0 bridgehead atoms. The molecule has 0 fully saturated rings. The van der Waals surface area contributed by atoms with Crippen molar-refractivity contribution in [3.63, 3.8) is 0 Å². The Morgan fingerprint density at radius 3 is 2.78 bits per heavy atom. The van der Waals surface area contributed by atoms with Crippen LogP contribution in [-0.2, 0) is 11.4 Å². The minimum absolute atomic E-state index is 0.0752. The van der Waals surface area contributed by atoms with E-state index in [1.165, 1.54) is 18.2 Å². The summed E-state index contributed by atoms with van der Waals surface area (Å²) in [5.74, 6) is -0.273. The summed E-state index contributed by atoms with van der Waals surface area (Å²) in [5, 5.41) is 3.55. The highest BCUT2D eigenvalue weighted by molar-refractivity contribution is 5.55. The lowest BCUT2D eigenvalue weighted by Gasteiger charge is -2.09. The van der Waals surface area contributed by atoms with Gasteiger partial charge in [0.25, 0.3) is 0 Å². The van der Waals surface area contributed by atoms with Gasteiger partial charge < -0.3 is 9.57 Å². The number of hydrogen-bond acceptors (Lipinski definition) is 3. The summed E-state index contributed by atoms with van der Waals surface area (Å²) in [6.45, 7) is 2.05. The highest BCUT2D eigenvalue weighted by atomic mass is 19.4. The molecule has 0 aromatic heterocycles. The van der Waals surface area contributed by atoms with Crippen LogP contribution in [0.4, 0.5) is 13.2 Å². The van der Waals surface area contributed by atoms with E-state index in [1.54, 1.807) is 6.07 Å². The first-order valence-electron chi connectivity index (χ1n) is 5.41. The average molecular weight is 260 g/mol. The minimum atomic E-state index is -4.69. The lowest BCUT2D eigenvalue weighted by molar-refractivity contribution is -0.274. The Labute approximate surface area is 103 Å².